The minimum atomic E-state index is 0.480. The van der Waals surface area contributed by atoms with Crippen LogP contribution in [0.15, 0.2) is 22.7 Å². The van der Waals surface area contributed by atoms with Gasteiger partial charge in [0, 0.05) is 10.0 Å². The van der Waals surface area contributed by atoms with Crippen LogP contribution in [0.1, 0.15) is 30.9 Å². The highest BCUT2D eigenvalue weighted by Crippen LogP contribution is 2.25. The first-order chi connectivity index (χ1) is 5.66. The topological polar surface area (TPSA) is 0 Å². The quantitative estimate of drug-likeness (QED) is 0.638. The van der Waals surface area contributed by atoms with E-state index in [-0.39, 0.29) is 0 Å². The van der Waals surface area contributed by atoms with Crippen LogP contribution in [0.5, 0.6) is 0 Å². The number of halogens is 1. The molecule has 62 valence electrons. The molecule has 0 nitrogen and oxygen atoms in total. The van der Waals surface area contributed by atoms with Crippen LogP contribution in [-0.2, 0) is 0 Å². The van der Waals surface area contributed by atoms with E-state index in [4.69, 9.17) is 6.42 Å². The second-order valence-electron chi connectivity index (χ2n) is 3.00. The maximum Gasteiger partial charge on any atom is 0.0419 e. The minimum Gasteiger partial charge on any atom is -0.115 e. The van der Waals surface area contributed by atoms with E-state index in [0.717, 1.165) is 10.0 Å². The lowest BCUT2D eigenvalue weighted by atomic mass is 9.98. The Balaban J connectivity index is 3.30. The lowest BCUT2D eigenvalue weighted by molar-refractivity contribution is 0.862. The van der Waals surface area contributed by atoms with E-state index in [1.54, 1.807) is 0 Å². The molecule has 1 rings (SSSR count). The number of rotatable bonds is 1. The molecule has 0 aliphatic rings. The summed E-state index contributed by atoms with van der Waals surface area (Å²) >= 11 is 3.43. The predicted molar refractivity (Wildman–Crippen MR) is 56.2 cm³/mol. The van der Waals surface area contributed by atoms with Gasteiger partial charge in [-0.1, -0.05) is 31.9 Å². The van der Waals surface area contributed by atoms with Crippen molar-refractivity contribution in [2.45, 2.75) is 19.8 Å². The molecular weight excluding hydrogens is 212 g/mol. The Hall–Kier alpha value is -0.740. The van der Waals surface area contributed by atoms with E-state index in [2.05, 4.69) is 41.8 Å². The van der Waals surface area contributed by atoms with Crippen LogP contribution in [0.4, 0.5) is 0 Å². The molecule has 0 spiro atoms. The molecule has 0 aromatic heterocycles. The van der Waals surface area contributed by atoms with Crippen LogP contribution in [-0.4, -0.2) is 0 Å². The molecule has 0 heterocycles. The molecular formula is C11H11Br. The van der Waals surface area contributed by atoms with Crippen molar-refractivity contribution < 1.29 is 0 Å². The average Bonchev–Trinajstić information content (AvgIpc) is 2.03. The summed E-state index contributed by atoms with van der Waals surface area (Å²) in [4.78, 5) is 0. The standard InChI is InChI=1S/C11H11Br/c1-4-9-10(8(2)3)6-5-7-11(9)12/h1,5-8H,2-3H3. The average molecular weight is 223 g/mol. The second-order valence-corrected chi connectivity index (χ2v) is 3.86. The Morgan fingerprint density at radius 3 is 2.50 bits per heavy atom. The van der Waals surface area contributed by atoms with Gasteiger partial charge in [0.15, 0.2) is 0 Å². The van der Waals surface area contributed by atoms with Crippen LogP contribution in [0.25, 0.3) is 0 Å². The lowest BCUT2D eigenvalue weighted by Crippen LogP contribution is -1.92. The molecule has 0 amide bonds. The summed E-state index contributed by atoms with van der Waals surface area (Å²) in [5, 5.41) is 0. The van der Waals surface area contributed by atoms with E-state index in [1.165, 1.54) is 5.56 Å². The van der Waals surface area contributed by atoms with Crippen molar-refractivity contribution in [3.05, 3.63) is 33.8 Å². The molecule has 0 saturated heterocycles. The van der Waals surface area contributed by atoms with Crippen LogP contribution in [0, 0.1) is 12.3 Å². The third kappa shape index (κ3) is 1.70. The molecule has 0 saturated carbocycles. The number of terminal acetylenes is 1. The largest absolute Gasteiger partial charge is 0.115 e. The van der Waals surface area contributed by atoms with Crippen molar-refractivity contribution in [1.29, 1.82) is 0 Å². The fourth-order valence-electron chi connectivity index (χ4n) is 1.17. The molecule has 0 radical (unpaired) electrons. The van der Waals surface area contributed by atoms with E-state index < -0.39 is 0 Å². The molecule has 0 bridgehead atoms. The van der Waals surface area contributed by atoms with Crippen molar-refractivity contribution in [2.75, 3.05) is 0 Å². The van der Waals surface area contributed by atoms with Crippen LogP contribution in [0.3, 0.4) is 0 Å². The maximum atomic E-state index is 5.41. The van der Waals surface area contributed by atoms with Crippen LogP contribution < -0.4 is 0 Å². The number of benzene rings is 1. The van der Waals surface area contributed by atoms with Gasteiger partial charge in [-0.15, -0.1) is 6.42 Å². The third-order valence-corrected chi connectivity index (χ3v) is 2.47. The second kappa shape index (κ2) is 3.78. The Morgan fingerprint density at radius 2 is 2.08 bits per heavy atom. The normalized spacial score (nSPS) is 9.92. The van der Waals surface area contributed by atoms with E-state index in [0.29, 0.717) is 5.92 Å². The van der Waals surface area contributed by atoms with Crippen LogP contribution in [0.2, 0.25) is 0 Å². The summed E-state index contributed by atoms with van der Waals surface area (Å²) in [6.07, 6.45) is 5.41. The van der Waals surface area contributed by atoms with E-state index >= 15 is 0 Å². The molecule has 0 atom stereocenters. The Kier molecular flexibility index (Phi) is 2.94. The van der Waals surface area contributed by atoms with Gasteiger partial charge in [0.2, 0.25) is 0 Å². The van der Waals surface area contributed by atoms with E-state index in [1.807, 2.05) is 12.1 Å². The first kappa shape index (κ1) is 9.35. The molecule has 12 heavy (non-hydrogen) atoms. The summed E-state index contributed by atoms with van der Waals surface area (Å²) in [5.41, 5.74) is 2.21. The molecule has 0 unspecified atom stereocenters. The van der Waals surface area contributed by atoms with Gasteiger partial charge in [0.05, 0.1) is 0 Å². The molecule has 0 fully saturated rings. The van der Waals surface area contributed by atoms with Gasteiger partial charge in [0.1, 0.15) is 0 Å². The molecule has 1 heteroatoms. The smallest absolute Gasteiger partial charge is 0.0419 e. The van der Waals surface area contributed by atoms with Gasteiger partial charge in [-0.25, -0.2) is 0 Å². The van der Waals surface area contributed by atoms with Gasteiger partial charge in [-0.3, -0.25) is 0 Å². The fourth-order valence-corrected chi connectivity index (χ4v) is 1.67. The summed E-state index contributed by atoms with van der Waals surface area (Å²) in [5.74, 6) is 3.18. The zero-order chi connectivity index (χ0) is 9.14. The molecule has 1 aromatic rings. The van der Waals surface area contributed by atoms with Crippen molar-refractivity contribution in [3.63, 3.8) is 0 Å². The molecule has 0 N–H and O–H groups in total. The number of hydrogen-bond acceptors (Lipinski definition) is 0. The fraction of sp³-hybridized carbons (Fsp3) is 0.273. The predicted octanol–water partition coefficient (Wildman–Crippen LogP) is 3.55. The first-order valence-electron chi connectivity index (χ1n) is 3.92. The van der Waals surface area contributed by atoms with Gasteiger partial charge in [-0.05, 0) is 33.5 Å². The SMILES string of the molecule is C#Cc1c(Br)cccc1C(C)C. The molecule has 0 aliphatic carbocycles. The number of hydrogen-bond donors (Lipinski definition) is 0. The first-order valence-corrected chi connectivity index (χ1v) is 4.71. The van der Waals surface area contributed by atoms with Gasteiger partial charge in [-0.2, -0.15) is 0 Å². The summed E-state index contributed by atoms with van der Waals surface area (Å²) < 4.78 is 1.01. The molecule has 0 aliphatic heterocycles. The van der Waals surface area contributed by atoms with Gasteiger partial charge >= 0.3 is 0 Å². The third-order valence-electron chi connectivity index (χ3n) is 1.81. The van der Waals surface area contributed by atoms with Gasteiger partial charge < -0.3 is 0 Å². The monoisotopic (exact) mass is 222 g/mol. The zero-order valence-electron chi connectivity index (χ0n) is 7.26. The van der Waals surface area contributed by atoms with Crippen LogP contribution >= 0.6 is 15.9 Å². The van der Waals surface area contributed by atoms with Crippen molar-refractivity contribution in [1.82, 2.24) is 0 Å². The highest BCUT2D eigenvalue weighted by molar-refractivity contribution is 9.10. The summed E-state index contributed by atoms with van der Waals surface area (Å²) in [7, 11) is 0. The van der Waals surface area contributed by atoms with E-state index in [9.17, 15) is 0 Å². The van der Waals surface area contributed by atoms with Crippen molar-refractivity contribution in [3.8, 4) is 12.3 Å². The van der Waals surface area contributed by atoms with Crippen molar-refractivity contribution in [2.24, 2.45) is 0 Å². The van der Waals surface area contributed by atoms with Crippen molar-refractivity contribution >= 4 is 15.9 Å². The lowest BCUT2D eigenvalue weighted by Gasteiger charge is -2.09. The molecule has 1 aromatic carbocycles. The van der Waals surface area contributed by atoms with Gasteiger partial charge in [0.25, 0.3) is 0 Å². The highest BCUT2D eigenvalue weighted by atomic mass is 79.9. The zero-order valence-corrected chi connectivity index (χ0v) is 8.85. The Labute approximate surface area is 82.1 Å². The maximum absolute atomic E-state index is 5.41. The summed E-state index contributed by atoms with van der Waals surface area (Å²) in [6, 6.07) is 6.06. The Morgan fingerprint density at radius 1 is 1.42 bits per heavy atom. The highest BCUT2D eigenvalue weighted by Gasteiger charge is 2.06. The Bertz CT molecular complexity index is 318. The summed E-state index contributed by atoms with van der Waals surface area (Å²) in [6.45, 7) is 4.28. The minimum absolute atomic E-state index is 0.480.